The maximum atomic E-state index is 12.0. The molecule has 1 aliphatic heterocycles. The largest absolute Gasteiger partial charge is 0.339 e. The van der Waals surface area contributed by atoms with Gasteiger partial charge in [-0.3, -0.25) is 4.79 Å². The summed E-state index contributed by atoms with van der Waals surface area (Å²) in [6, 6.07) is -0.0229. The molecule has 122 valence electrons. The lowest BCUT2D eigenvalue weighted by atomic mass is 9.97. The van der Waals surface area contributed by atoms with E-state index < -0.39 is 0 Å². The van der Waals surface area contributed by atoms with Crippen molar-refractivity contribution in [3.63, 3.8) is 0 Å². The highest BCUT2D eigenvalue weighted by molar-refractivity contribution is 5.77. The summed E-state index contributed by atoms with van der Waals surface area (Å²) in [5.74, 6) is 0.179. The van der Waals surface area contributed by atoms with Crippen molar-refractivity contribution in [3.8, 4) is 0 Å². The monoisotopic (exact) mass is 298 g/mol. The van der Waals surface area contributed by atoms with Crippen molar-refractivity contribution in [2.45, 2.75) is 27.2 Å². The van der Waals surface area contributed by atoms with Gasteiger partial charge in [-0.2, -0.15) is 0 Å². The van der Waals surface area contributed by atoms with Gasteiger partial charge in [0.25, 0.3) is 0 Å². The zero-order chi connectivity index (χ0) is 16.0. The molecule has 0 atom stereocenters. The van der Waals surface area contributed by atoms with E-state index in [-0.39, 0.29) is 17.4 Å². The highest BCUT2D eigenvalue weighted by Crippen LogP contribution is 2.11. The molecule has 1 saturated heterocycles. The van der Waals surface area contributed by atoms with Crippen molar-refractivity contribution in [3.05, 3.63) is 0 Å². The first-order valence-corrected chi connectivity index (χ1v) is 7.64. The number of nitrogens with one attached hydrogen (secondary N) is 1. The summed E-state index contributed by atoms with van der Waals surface area (Å²) in [5, 5.41) is 2.95. The van der Waals surface area contributed by atoms with Gasteiger partial charge in [0, 0.05) is 45.7 Å². The zero-order valence-corrected chi connectivity index (χ0v) is 14.1. The summed E-state index contributed by atoms with van der Waals surface area (Å²) in [6.45, 7) is 10.2. The number of rotatable bonds is 4. The summed E-state index contributed by atoms with van der Waals surface area (Å²) in [5.41, 5.74) is 0.0830. The third-order valence-corrected chi connectivity index (χ3v) is 3.46. The Bertz CT molecular complexity index is 355. The first-order chi connectivity index (χ1) is 9.69. The topological polar surface area (TPSA) is 55.9 Å². The highest BCUT2D eigenvalue weighted by atomic mass is 16.2. The molecule has 0 aromatic heterocycles. The summed E-state index contributed by atoms with van der Waals surface area (Å²) in [7, 11) is 3.93. The van der Waals surface area contributed by atoms with Gasteiger partial charge in [0.05, 0.1) is 0 Å². The van der Waals surface area contributed by atoms with Crippen molar-refractivity contribution in [2.75, 3.05) is 53.4 Å². The minimum Gasteiger partial charge on any atom is -0.339 e. The van der Waals surface area contributed by atoms with Crippen molar-refractivity contribution in [2.24, 2.45) is 5.41 Å². The van der Waals surface area contributed by atoms with Crippen LogP contribution in [0.15, 0.2) is 0 Å². The molecule has 21 heavy (non-hydrogen) atoms. The molecular formula is C15H30N4O2. The lowest BCUT2D eigenvalue weighted by Crippen LogP contribution is -2.54. The Balaban J connectivity index is 2.31. The zero-order valence-electron chi connectivity index (χ0n) is 14.1. The molecule has 0 unspecified atom stereocenters. The summed E-state index contributed by atoms with van der Waals surface area (Å²) >= 11 is 0. The SMILES string of the molecule is CN(C)CCC(=O)N1CCN(C(=O)NCC(C)(C)C)CC1. The van der Waals surface area contributed by atoms with Gasteiger partial charge in [0.1, 0.15) is 0 Å². The molecule has 0 aliphatic carbocycles. The van der Waals surface area contributed by atoms with Crippen LogP contribution in [0, 0.1) is 5.41 Å². The van der Waals surface area contributed by atoms with Crippen LogP contribution >= 0.6 is 0 Å². The van der Waals surface area contributed by atoms with Gasteiger partial charge in [-0.15, -0.1) is 0 Å². The van der Waals surface area contributed by atoms with Crippen LogP contribution in [-0.4, -0.2) is 80.0 Å². The van der Waals surface area contributed by atoms with Crippen LogP contribution in [0.1, 0.15) is 27.2 Å². The number of amides is 3. The third-order valence-electron chi connectivity index (χ3n) is 3.46. The first-order valence-electron chi connectivity index (χ1n) is 7.64. The Morgan fingerprint density at radius 2 is 1.57 bits per heavy atom. The Morgan fingerprint density at radius 1 is 1.05 bits per heavy atom. The number of carbonyl (C=O) groups excluding carboxylic acids is 2. The lowest BCUT2D eigenvalue weighted by Gasteiger charge is -2.35. The summed E-state index contributed by atoms with van der Waals surface area (Å²) in [6.07, 6.45) is 0.545. The predicted molar refractivity (Wildman–Crippen MR) is 84.2 cm³/mol. The van der Waals surface area contributed by atoms with Crippen LogP contribution in [-0.2, 0) is 4.79 Å². The second-order valence-electron chi connectivity index (χ2n) is 7.14. The van der Waals surface area contributed by atoms with Crippen molar-refractivity contribution in [1.29, 1.82) is 0 Å². The molecule has 3 amide bonds. The van der Waals surface area contributed by atoms with E-state index in [4.69, 9.17) is 0 Å². The maximum absolute atomic E-state index is 12.0. The molecule has 0 bridgehead atoms. The van der Waals surface area contributed by atoms with Gasteiger partial charge in [-0.1, -0.05) is 20.8 Å². The standard InChI is InChI=1S/C15H30N4O2/c1-15(2,3)12-16-14(21)19-10-8-18(9-11-19)13(20)6-7-17(4)5/h6-12H2,1-5H3,(H,16,21). The van der Waals surface area contributed by atoms with Gasteiger partial charge in [-0.25, -0.2) is 4.79 Å². The molecule has 6 nitrogen and oxygen atoms in total. The van der Waals surface area contributed by atoms with Crippen molar-refractivity contribution < 1.29 is 9.59 Å². The minimum atomic E-state index is -0.0229. The molecule has 0 spiro atoms. The molecule has 1 N–H and O–H groups in total. The first kappa shape index (κ1) is 17.8. The van der Waals surface area contributed by atoms with Gasteiger partial charge >= 0.3 is 6.03 Å². The van der Waals surface area contributed by atoms with Crippen LogP contribution in [0.5, 0.6) is 0 Å². The molecule has 0 saturated carbocycles. The van der Waals surface area contributed by atoms with Crippen LogP contribution in [0.25, 0.3) is 0 Å². The fraction of sp³-hybridized carbons (Fsp3) is 0.867. The number of piperazine rings is 1. The molecule has 1 fully saturated rings. The smallest absolute Gasteiger partial charge is 0.317 e. The number of carbonyl (C=O) groups is 2. The van der Waals surface area contributed by atoms with Crippen LogP contribution < -0.4 is 5.32 Å². The van der Waals surface area contributed by atoms with E-state index in [2.05, 4.69) is 26.1 Å². The number of nitrogens with zero attached hydrogens (tertiary/aromatic N) is 3. The van der Waals surface area contributed by atoms with Crippen molar-refractivity contribution >= 4 is 11.9 Å². The fourth-order valence-electron chi connectivity index (χ4n) is 2.09. The molecule has 0 aromatic carbocycles. The molecule has 1 aliphatic rings. The number of hydrogen-bond donors (Lipinski definition) is 1. The minimum absolute atomic E-state index is 0.0229. The van der Waals surface area contributed by atoms with Crippen LogP contribution in [0.3, 0.4) is 0 Å². The average Bonchev–Trinajstić information content (AvgIpc) is 2.41. The van der Waals surface area contributed by atoms with E-state index in [1.54, 1.807) is 4.90 Å². The molecular weight excluding hydrogens is 268 g/mol. The van der Waals surface area contributed by atoms with E-state index in [9.17, 15) is 9.59 Å². The van der Waals surface area contributed by atoms with Crippen LogP contribution in [0.4, 0.5) is 4.79 Å². The quantitative estimate of drug-likeness (QED) is 0.837. The lowest BCUT2D eigenvalue weighted by molar-refractivity contribution is -0.132. The Labute approximate surface area is 128 Å². The van der Waals surface area contributed by atoms with Gasteiger partial charge < -0.3 is 20.0 Å². The van der Waals surface area contributed by atoms with E-state index in [0.717, 1.165) is 6.54 Å². The number of hydrogen-bond acceptors (Lipinski definition) is 3. The van der Waals surface area contributed by atoms with Crippen LogP contribution in [0.2, 0.25) is 0 Å². The molecule has 0 aromatic rings. The second kappa shape index (κ2) is 7.64. The van der Waals surface area contributed by atoms with E-state index in [1.165, 1.54) is 0 Å². The van der Waals surface area contributed by atoms with Gasteiger partial charge in [0.2, 0.25) is 5.91 Å². The van der Waals surface area contributed by atoms with Gasteiger partial charge in [-0.05, 0) is 19.5 Å². The Kier molecular flexibility index (Phi) is 6.45. The molecule has 1 heterocycles. The summed E-state index contributed by atoms with van der Waals surface area (Å²) < 4.78 is 0. The normalized spacial score (nSPS) is 16.3. The predicted octanol–water partition coefficient (Wildman–Crippen LogP) is 0.838. The highest BCUT2D eigenvalue weighted by Gasteiger charge is 2.24. The van der Waals surface area contributed by atoms with Gasteiger partial charge in [0.15, 0.2) is 0 Å². The molecule has 0 radical (unpaired) electrons. The molecule has 6 heteroatoms. The third kappa shape index (κ3) is 6.80. The second-order valence-corrected chi connectivity index (χ2v) is 7.14. The Morgan fingerprint density at radius 3 is 2.05 bits per heavy atom. The van der Waals surface area contributed by atoms with Crippen molar-refractivity contribution in [1.82, 2.24) is 20.0 Å². The number of urea groups is 1. The molecule has 1 rings (SSSR count). The van der Waals surface area contributed by atoms with E-state index in [0.29, 0.717) is 39.1 Å². The maximum Gasteiger partial charge on any atom is 0.317 e. The fourth-order valence-corrected chi connectivity index (χ4v) is 2.09. The summed E-state index contributed by atoms with van der Waals surface area (Å²) in [4.78, 5) is 29.7. The average molecular weight is 298 g/mol. The Hall–Kier alpha value is -1.30. The van der Waals surface area contributed by atoms with E-state index in [1.807, 2.05) is 23.9 Å². The van der Waals surface area contributed by atoms with E-state index >= 15 is 0 Å².